The average Bonchev–Trinajstić information content (AvgIpc) is 2.00. The molecule has 0 amide bonds. The van der Waals surface area contributed by atoms with Crippen molar-refractivity contribution in [3.05, 3.63) is 12.2 Å². The zero-order chi connectivity index (χ0) is 11.0. The van der Waals surface area contributed by atoms with Crippen LogP contribution in [0.15, 0.2) is 12.2 Å². The number of allylic oxidation sites excluding steroid dienone is 1. The standard InChI is InChI=1S/C11H19BrO2/c1-11(2,3)14-10(13)8-6-4-5-7-9-12/h6,8H,4-5,7,9H2,1-3H3/b8-6+. The number of esters is 1. The smallest absolute Gasteiger partial charge is 0.330 e. The topological polar surface area (TPSA) is 26.3 Å². The van der Waals surface area contributed by atoms with Crippen molar-refractivity contribution in [2.24, 2.45) is 0 Å². The fourth-order valence-electron chi connectivity index (χ4n) is 0.872. The molecule has 0 fully saturated rings. The van der Waals surface area contributed by atoms with Gasteiger partial charge in [0.25, 0.3) is 0 Å². The lowest BCUT2D eigenvalue weighted by Gasteiger charge is -2.17. The molecule has 0 saturated carbocycles. The van der Waals surface area contributed by atoms with Crippen molar-refractivity contribution >= 4 is 21.9 Å². The molecule has 2 nitrogen and oxygen atoms in total. The summed E-state index contributed by atoms with van der Waals surface area (Å²) >= 11 is 3.35. The summed E-state index contributed by atoms with van der Waals surface area (Å²) in [5.74, 6) is -0.253. The van der Waals surface area contributed by atoms with Gasteiger partial charge in [0.05, 0.1) is 0 Å². The zero-order valence-corrected chi connectivity index (χ0v) is 10.8. The molecule has 0 unspecified atom stereocenters. The summed E-state index contributed by atoms with van der Waals surface area (Å²) in [6, 6.07) is 0. The largest absolute Gasteiger partial charge is 0.457 e. The summed E-state index contributed by atoms with van der Waals surface area (Å²) in [5, 5.41) is 1.02. The third kappa shape index (κ3) is 9.78. The summed E-state index contributed by atoms with van der Waals surface area (Å²) in [6.45, 7) is 5.59. The van der Waals surface area contributed by atoms with Gasteiger partial charge in [-0.15, -0.1) is 0 Å². The summed E-state index contributed by atoms with van der Waals surface area (Å²) in [5.41, 5.74) is -0.392. The normalized spacial score (nSPS) is 12.0. The van der Waals surface area contributed by atoms with Crippen molar-refractivity contribution in [1.82, 2.24) is 0 Å². The molecular formula is C11H19BrO2. The van der Waals surface area contributed by atoms with E-state index in [-0.39, 0.29) is 5.97 Å². The Labute approximate surface area is 94.8 Å². The monoisotopic (exact) mass is 262 g/mol. The van der Waals surface area contributed by atoms with Gasteiger partial charge in [0.15, 0.2) is 0 Å². The van der Waals surface area contributed by atoms with Crippen molar-refractivity contribution in [3.63, 3.8) is 0 Å². The molecule has 0 aliphatic rings. The first-order valence-corrected chi connectivity index (χ1v) is 6.03. The molecule has 14 heavy (non-hydrogen) atoms. The van der Waals surface area contributed by atoms with E-state index in [1.807, 2.05) is 26.8 Å². The van der Waals surface area contributed by atoms with E-state index in [4.69, 9.17) is 4.74 Å². The number of hydrogen-bond donors (Lipinski definition) is 0. The Bertz CT molecular complexity index is 192. The van der Waals surface area contributed by atoms with Crippen LogP contribution in [-0.2, 0) is 9.53 Å². The Morgan fingerprint density at radius 1 is 1.36 bits per heavy atom. The molecule has 0 bridgehead atoms. The van der Waals surface area contributed by atoms with Crippen LogP contribution in [0.5, 0.6) is 0 Å². The molecule has 82 valence electrons. The van der Waals surface area contributed by atoms with E-state index in [9.17, 15) is 4.79 Å². The Hall–Kier alpha value is -0.310. The van der Waals surface area contributed by atoms with Gasteiger partial charge < -0.3 is 4.74 Å². The van der Waals surface area contributed by atoms with Crippen LogP contribution < -0.4 is 0 Å². The van der Waals surface area contributed by atoms with Crippen molar-refractivity contribution in [2.75, 3.05) is 5.33 Å². The predicted octanol–water partition coefficient (Wildman–Crippen LogP) is 3.45. The molecule has 0 aromatic carbocycles. The van der Waals surface area contributed by atoms with Crippen LogP contribution in [0, 0.1) is 0 Å². The molecule has 0 N–H and O–H groups in total. The second-order valence-corrected chi connectivity index (χ2v) is 4.91. The minimum atomic E-state index is -0.392. The van der Waals surface area contributed by atoms with Crippen molar-refractivity contribution in [1.29, 1.82) is 0 Å². The van der Waals surface area contributed by atoms with Gasteiger partial charge in [-0.1, -0.05) is 22.0 Å². The molecule has 0 aromatic rings. The van der Waals surface area contributed by atoms with Crippen molar-refractivity contribution in [2.45, 2.75) is 45.6 Å². The molecule has 0 heterocycles. The first kappa shape index (κ1) is 13.7. The highest BCUT2D eigenvalue weighted by Gasteiger charge is 2.13. The summed E-state index contributed by atoms with van der Waals surface area (Å²) in [6.07, 6.45) is 6.56. The molecule has 0 aliphatic heterocycles. The fraction of sp³-hybridized carbons (Fsp3) is 0.727. The highest BCUT2D eigenvalue weighted by Crippen LogP contribution is 2.07. The molecule has 0 saturated heterocycles. The third-order valence-corrected chi connectivity index (χ3v) is 1.98. The van der Waals surface area contributed by atoms with E-state index in [2.05, 4.69) is 15.9 Å². The lowest BCUT2D eigenvalue weighted by atomic mass is 10.2. The molecule has 0 aromatic heterocycles. The number of carbonyl (C=O) groups excluding carboxylic acids is 1. The quantitative estimate of drug-likeness (QED) is 0.328. The van der Waals surface area contributed by atoms with Crippen LogP contribution in [0.3, 0.4) is 0 Å². The number of rotatable bonds is 5. The second kappa shape index (κ2) is 7.04. The Morgan fingerprint density at radius 2 is 2.00 bits per heavy atom. The van der Waals surface area contributed by atoms with Crippen LogP contribution >= 0.6 is 15.9 Å². The molecule has 0 rings (SSSR count). The minimum absolute atomic E-state index is 0.253. The maximum atomic E-state index is 11.2. The minimum Gasteiger partial charge on any atom is -0.457 e. The van der Waals surface area contributed by atoms with Gasteiger partial charge >= 0.3 is 5.97 Å². The maximum absolute atomic E-state index is 11.2. The summed E-state index contributed by atoms with van der Waals surface area (Å²) in [7, 11) is 0. The SMILES string of the molecule is CC(C)(C)OC(=O)/C=C/CCCCBr. The Morgan fingerprint density at radius 3 is 2.50 bits per heavy atom. The second-order valence-electron chi connectivity index (χ2n) is 4.12. The van der Waals surface area contributed by atoms with Gasteiger partial charge in [0.1, 0.15) is 5.60 Å². The number of carbonyl (C=O) groups is 1. The van der Waals surface area contributed by atoms with Crippen molar-refractivity contribution in [3.8, 4) is 0 Å². The van der Waals surface area contributed by atoms with Gasteiger partial charge in [-0.25, -0.2) is 4.79 Å². The van der Waals surface area contributed by atoms with Gasteiger partial charge in [-0.2, -0.15) is 0 Å². The van der Waals surface area contributed by atoms with E-state index >= 15 is 0 Å². The first-order chi connectivity index (χ1) is 6.45. The van der Waals surface area contributed by atoms with Gasteiger partial charge in [-0.05, 0) is 40.0 Å². The molecular weight excluding hydrogens is 244 g/mol. The van der Waals surface area contributed by atoms with Gasteiger partial charge in [0.2, 0.25) is 0 Å². The van der Waals surface area contributed by atoms with Crippen LogP contribution in [0.4, 0.5) is 0 Å². The van der Waals surface area contributed by atoms with E-state index in [0.717, 1.165) is 24.6 Å². The number of alkyl halides is 1. The van der Waals surface area contributed by atoms with E-state index < -0.39 is 5.60 Å². The van der Waals surface area contributed by atoms with Crippen LogP contribution in [0.25, 0.3) is 0 Å². The fourth-order valence-corrected chi connectivity index (χ4v) is 1.27. The highest BCUT2D eigenvalue weighted by molar-refractivity contribution is 9.09. The predicted molar refractivity (Wildman–Crippen MR) is 62.6 cm³/mol. The molecule has 0 atom stereocenters. The van der Waals surface area contributed by atoms with Gasteiger partial charge in [0, 0.05) is 11.4 Å². The Kier molecular flexibility index (Phi) is 6.89. The number of halogens is 1. The Balaban J connectivity index is 3.61. The number of ether oxygens (including phenoxy) is 1. The molecule has 3 heteroatoms. The lowest BCUT2D eigenvalue weighted by Crippen LogP contribution is -2.22. The maximum Gasteiger partial charge on any atom is 0.330 e. The van der Waals surface area contributed by atoms with E-state index in [1.165, 1.54) is 6.08 Å². The van der Waals surface area contributed by atoms with E-state index in [1.54, 1.807) is 0 Å². The lowest BCUT2D eigenvalue weighted by molar-refractivity contribution is -0.148. The molecule has 0 radical (unpaired) electrons. The van der Waals surface area contributed by atoms with Gasteiger partial charge in [-0.3, -0.25) is 0 Å². The van der Waals surface area contributed by atoms with E-state index in [0.29, 0.717) is 0 Å². The van der Waals surface area contributed by atoms with Crippen molar-refractivity contribution < 1.29 is 9.53 Å². The van der Waals surface area contributed by atoms with Crippen LogP contribution in [0.2, 0.25) is 0 Å². The average molecular weight is 263 g/mol. The summed E-state index contributed by atoms with van der Waals surface area (Å²) in [4.78, 5) is 11.2. The molecule has 0 spiro atoms. The van der Waals surface area contributed by atoms with Crippen LogP contribution in [-0.4, -0.2) is 16.9 Å². The first-order valence-electron chi connectivity index (χ1n) is 4.91. The number of hydrogen-bond acceptors (Lipinski definition) is 2. The molecule has 0 aliphatic carbocycles. The van der Waals surface area contributed by atoms with Crippen LogP contribution in [0.1, 0.15) is 40.0 Å². The summed E-state index contributed by atoms with van der Waals surface area (Å²) < 4.78 is 5.11. The third-order valence-electron chi connectivity index (χ3n) is 1.42. The number of unbranched alkanes of at least 4 members (excludes halogenated alkanes) is 2. The zero-order valence-electron chi connectivity index (χ0n) is 9.18. The highest BCUT2D eigenvalue weighted by atomic mass is 79.9.